The summed E-state index contributed by atoms with van der Waals surface area (Å²) in [6.45, 7) is -0.217. The quantitative estimate of drug-likeness (QED) is 0.838. The number of halogens is 2. The predicted molar refractivity (Wildman–Crippen MR) is 88.5 cm³/mol. The molecule has 0 saturated heterocycles. The van der Waals surface area contributed by atoms with Gasteiger partial charge in [-0.05, 0) is 24.3 Å². The smallest absolute Gasteiger partial charge is 0.342 e. The monoisotopic (exact) mass is 387 g/mol. The summed E-state index contributed by atoms with van der Waals surface area (Å²) in [7, 11) is -4.16. The Balaban J connectivity index is 2.14. The van der Waals surface area contributed by atoms with Crippen molar-refractivity contribution in [1.82, 2.24) is 9.29 Å². The van der Waals surface area contributed by atoms with Crippen LogP contribution in [0.1, 0.15) is 5.69 Å². The molecule has 0 aliphatic carbocycles. The number of nitrogens with one attached hydrogen (secondary N) is 1. The molecule has 1 unspecified atom stereocenters. The van der Waals surface area contributed by atoms with Crippen LogP contribution in [0, 0.1) is 0 Å². The topological polar surface area (TPSA) is 99.6 Å². The SMILES string of the molecule is O=C(O)C1Nc2cc(Cl)cc(Cl)c2S(=O)(=O)N1Cc1ccccn1. The van der Waals surface area contributed by atoms with E-state index >= 15 is 0 Å². The van der Waals surface area contributed by atoms with Crippen molar-refractivity contribution in [1.29, 1.82) is 0 Å². The number of sulfonamides is 1. The van der Waals surface area contributed by atoms with Crippen molar-refractivity contribution in [3.63, 3.8) is 0 Å². The molecule has 1 atom stereocenters. The summed E-state index contributed by atoms with van der Waals surface area (Å²) in [5, 5.41) is 12.2. The standard InChI is InChI=1S/C14H11Cl2N3O4S/c15-8-5-10(16)12-11(6-8)18-13(14(20)21)19(24(12,22)23)7-9-3-1-2-4-17-9/h1-6,13,18H,7H2,(H,20,21). The third-order valence-electron chi connectivity index (χ3n) is 3.43. The highest BCUT2D eigenvalue weighted by Gasteiger charge is 2.43. The van der Waals surface area contributed by atoms with Crippen molar-refractivity contribution in [2.45, 2.75) is 17.6 Å². The number of carbonyl (C=O) groups is 1. The van der Waals surface area contributed by atoms with E-state index in [1.807, 2.05) is 0 Å². The van der Waals surface area contributed by atoms with E-state index in [1.165, 1.54) is 18.3 Å². The summed E-state index contributed by atoms with van der Waals surface area (Å²) in [5.41, 5.74) is 0.458. The van der Waals surface area contributed by atoms with Gasteiger partial charge in [-0.25, -0.2) is 13.2 Å². The Bertz CT molecular complexity index is 906. The average molecular weight is 388 g/mol. The van der Waals surface area contributed by atoms with Gasteiger partial charge in [0.2, 0.25) is 10.0 Å². The van der Waals surface area contributed by atoms with Crippen LogP contribution in [0.25, 0.3) is 0 Å². The Hall–Kier alpha value is -1.87. The molecule has 0 saturated carbocycles. The van der Waals surface area contributed by atoms with E-state index in [-0.39, 0.29) is 27.2 Å². The molecule has 0 radical (unpaired) electrons. The van der Waals surface area contributed by atoms with Crippen molar-refractivity contribution in [3.05, 3.63) is 52.3 Å². The minimum absolute atomic E-state index is 0.0529. The molecular formula is C14H11Cl2N3O4S. The van der Waals surface area contributed by atoms with Gasteiger partial charge in [0.15, 0.2) is 6.17 Å². The van der Waals surface area contributed by atoms with Gasteiger partial charge in [-0.3, -0.25) is 4.98 Å². The number of fused-ring (bicyclic) bond motifs is 1. The molecule has 3 rings (SSSR count). The van der Waals surface area contributed by atoms with E-state index in [4.69, 9.17) is 23.2 Å². The molecule has 0 amide bonds. The van der Waals surface area contributed by atoms with E-state index in [2.05, 4.69) is 10.3 Å². The molecule has 1 aromatic carbocycles. The first kappa shape index (κ1) is 17.0. The van der Waals surface area contributed by atoms with E-state index in [9.17, 15) is 18.3 Å². The minimum Gasteiger partial charge on any atom is -0.479 e. The Labute approximate surface area is 147 Å². The lowest BCUT2D eigenvalue weighted by Crippen LogP contribution is -2.52. The second-order valence-corrected chi connectivity index (χ2v) is 7.69. The van der Waals surface area contributed by atoms with Crippen LogP contribution in [0.3, 0.4) is 0 Å². The Morgan fingerprint density at radius 2 is 2.08 bits per heavy atom. The summed E-state index contributed by atoms with van der Waals surface area (Å²) in [5.74, 6) is -1.35. The van der Waals surface area contributed by atoms with Crippen molar-refractivity contribution in [2.24, 2.45) is 0 Å². The lowest BCUT2D eigenvalue weighted by atomic mass is 10.3. The molecule has 2 heterocycles. The lowest BCUT2D eigenvalue weighted by molar-refractivity contribution is -0.140. The van der Waals surface area contributed by atoms with E-state index < -0.39 is 22.2 Å². The number of aliphatic carboxylic acids is 1. The average Bonchev–Trinajstić information content (AvgIpc) is 2.49. The third-order valence-corrected chi connectivity index (χ3v) is 5.97. The predicted octanol–water partition coefficient (Wildman–Crippen LogP) is 2.42. The van der Waals surface area contributed by atoms with Crippen LogP contribution >= 0.6 is 23.2 Å². The van der Waals surface area contributed by atoms with Crippen LogP contribution < -0.4 is 5.32 Å². The largest absolute Gasteiger partial charge is 0.479 e. The molecule has 0 spiro atoms. The zero-order valence-electron chi connectivity index (χ0n) is 12.0. The Morgan fingerprint density at radius 1 is 1.33 bits per heavy atom. The number of carboxylic acid groups (broad SMARTS) is 1. The van der Waals surface area contributed by atoms with Gasteiger partial charge in [-0.2, -0.15) is 4.31 Å². The number of carboxylic acids is 1. The van der Waals surface area contributed by atoms with Crippen LogP contribution in [0.2, 0.25) is 10.0 Å². The molecule has 24 heavy (non-hydrogen) atoms. The molecule has 1 aromatic heterocycles. The third kappa shape index (κ3) is 2.93. The number of rotatable bonds is 3. The maximum atomic E-state index is 12.9. The fourth-order valence-electron chi connectivity index (χ4n) is 2.42. The van der Waals surface area contributed by atoms with Crippen molar-refractivity contribution < 1.29 is 18.3 Å². The summed E-state index contributed by atoms with van der Waals surface area (Å²) in [6, 6.07) is 7.58. The fourth-order valence-corrected chi connectivity index (χ4v) is 4.86. The highest BCUT2D eigenvalue weighted by atomic mass is 35.5. The van der Waals surface area contributed by atoms with Gasteiger partial charge in [-0.15, -0.1) is 0 Å². The maximum absolute atomic E-state index is 12.9. The van der Waals surface area contributed by atoms with Gasteiger partial charge in [-0.1, -0.05) is 29.3 Å². The molecule has 126 valence electrons. The van der Waals surface area contributed by atoms with Crippen molar-refractivity contribution >= 4 is 44.9 Å². The summed E-state index contributed by atoms with van der Waals surface area (Å²) >= 11 is 11.9. The molecule has 0 bridgehead atoms. The molecule has 0 fully saturated rings. The lowest BCUT2D eigenvalue weighted by Gasteiger charge is -2.34. The maximum Gasteiger partial charge on any atom is 0.342 e. The number of pyridine rings is 1. The molecule has 10 heteroatoms. The van der Waals surface area contributed by atoms with Crippen LogP contribution in [-0.2, 0) is 21.4 Å². The number of aromatic nitrogens is 1. The fraction of sp³-hybridized carbons (Fsp3) is 0.143. The number of hydrogen-bond acceptors (Lipinski definition) is 5. The van der Waals surface area contributed by atoms with E-state index in [0.29, 0.717) is 5.69 Å². The van der Waals surface area contributed by atoms with Gasteiger partial charge in [0.05, 0.1) is 22.9 Å². The summed E-state index contributed by atoms with van der Waals surface area (Å²) < 4.78 is 26.7. The number of nitrogens with zero attached hydrogens (tertiary/aromatic N) is 2. The highest BCUT2D eigenvalue weighted by Crippen LogP contribution is 2.39. The first-order chi connectivity index (χ1) is 11.3. The molecule has 7 nitrogen and oxygen atoms in total. The van der Waals surface area contributed by atoms with Crippen molar-refractivity contribution in [3.8, 4) is 0 Å². The van der Waals surface area contributed by atoms with Gasteiger partial charge in [0.1, 0.15) is 4.90 Å². The van der Waals surface area contributed by atoms with E-state index in [0.717, 1.165) is 4.31 Å². The molecule has 1 aliphatic rings. The van der Waals surface area contributed by atoms with Gasteiger partial charge in [0, 0.05) is 11.2 Å². The minimum atomic E-state index is -4.16. The van der Waals surface area contributed by atoms with Crippen LogP contribution in [-0.4, -0.2) is 34.9 Å². The number of anilines is 1. The van der Waals surface area contributed by atoms with Gasteiger partial charge >= 0.3 is 5.97 Å². The second-order valence-electron chi connectivity index (χ2n) is 5.02. The first-order valence-corrected chi connectivity index (χ1v) is 8.90. The zero-order chi connectivity index (χ0) is 17.5. The van der Waals surface area contributed by atoms with Gasteiger partial charge in [0.25, 0.3) is 0 Å². The second kappa shape index (κ2) is 6.21. The number of benzene rings is 1. The zero-order valence-corrected chi connectivity index (χ0v) is 14.3. The van der Waals surface area contributed by atoms with Crippen LogP contribution in [0.4, 0.5) is 5.69 Å². The molecular weight excluding hydrogens is 377 g/mol. The Morgan fingerprint density at radius 3 is 2.71 bits per heavy atom. The first-order valence-electron chi connectivity index (χ1n) is 6.71. The van der Waals surface area contributed by atoms with E-state index in [1.54, 1.807) is 18.2 Å². The molecule has 2 aromatic rings. The highest BCUT2D eigenvalue weighted by molar-refractivity contribution is 7.89. The molecule has 2 N–H and O–H groups in total. The van der Waals surface area contributed by atoms with Crippen LogP contribution in [0.15, 0.2) is 41.4 Å². The Kier molecular flexibility index (Phi) is 4.39. The summed E-state index contributed by atoms with van der Waals surface area (Å²) in [6.07, 6.45) is -0.00506. The van der Waals surface area contributed by atoms with Gasteiger partial charge < -0.3 is 10.4 Å². The number of hydrogen-bond donors (Lipinski definition) is 2. The summed E-state index contributed by atoms with van der Waals surface area (Å²) in [4.78, 5) is 15.4. The normalized spacial score (nSPS) is 19.3. The van der Waals surface area contributed by atoms with Crippen molar-refractivity contribution in [2.75, 3.05) is 5.32 Å². The van der Waals surface area contributed by atoms with Crippen LogP contribution in [0.5, 0.6) is 0 Å². The molecule has 1 aliphatic heterocycles.